The SMILES string of the molecule is COC=O.Cl.NC12C3C4C5C3C1C5C42. The molecule has 0 unspecified atom stereocenters. The van der Waals surface area contributed by atoms with E-state index < -0.39 is 0 Å². The molecular weight excluding hydrogens is 202 g/mol. The zero-order valence-electron chi connectivity index (χ0n) is 7.92. The third-order valence-corrected chi connectivity index (χ3v) is 5.65. The normalized spacial score (nSPS) is 69.4. The van der Waals surface area contributed by atoms with E-state index in [0.29, 0.717) is 12.0 Å². The molecule has 0 amide bonds. The van der Waals surface area contributed by atoms with Gasteiger partial charge in [-0.3, -0.25) is 4.79 Å². The highest BCUT2D eigenvalue weighted by Crippen LogP contribution is 3.01. The number of carbonyl (C=O) groups excluding carboxylic acids is 1. The van der Waals surface area contributed by atoms with Gasteiger partial charge in [-0.15, -0.1) is 12.4 Å². The lowest BCUT2D eigenvalue weighted by Crippen LogP contribution is -3.10. The summed E-state index contributed by atoms with van der Waals surface area (Å²) in [5, 5.41) is 0. The molecule has 0 aromatic rings. The van der Waals surface area contributed by atoms with Crippen molar-refractivity contribution in [3.05, 3.63) is 0 Å². The van der Waals surface area contributed by atoms with Gasteiger partial charge in [0, 0.05) is 5.54 Å². The third kappa shape index (κ3) is 0.450. The van der Waals surface area contributed by atoms with Gasteiger partial charge in [0.05, 0.1) is 7.11 Å². The maximum Gasteiger partial charge on any atom is 0.292 e. The zero-order valence-corrected chi connectivity index (χ0v) is 8.74. The Hall–Kier alpha value is -0.280. The first kappa shape index (κ1) is 8.98. The maximum atomic E-state index is 8.95. The highest BCUT2D eigenvalue weighted by Gasteiger charge is 3.03. The second-order valence-electron chi connectivity index (χ2n) is 5.22. The van der Waals surface area contributed by atoms with E-state index in [9.17, 15) is 0 Å². The monoisotopic (exact) mass is 215 g/mol. The van der Waals surface area contributed by atoms with Crippen LogP contribution in [0.3, 0.4) is 0 Å². The Morgan fingerprint density at radius 3 is 1.64 bits per heavy atom. The van der Waals surface area contributed by atoms with Gasteiger partial charge in [0.1, 0.15) is 0 Å². The highest BCUT2D eigenvalue weighted by atomic mass is 35.5. The summed E-state index contributed by atoms with van der Waals surface area (Å²) in [5.41, 5.74) is 6.65. The molecule has 78 valence electrons. The summed E-state index contributed by atoms with van der Waals surface area (Å²) < 4.78 is 3.86. The fourth-order valence-corrected chi connectivity index (χ4v) is 5.52. The minimum atomic E-state index is 0. The van der Waals surface area contributed by atoms with E-state index in [2.05, 4.69) is 4.74 Å². The molecule has 0 aromatic heterocycles. The van der Waals surface area contributed by atoms with E-state index in [1.165, 1.54) is 30.8 Å². The van der Waals surface area contributed by atoms with Gasteiger partial charge in [0.25, 0.3) is 6.47 Å². The predicted molar refractivity (Wildman–Crippen MR) is 51.7 cm³/mol. The molecule has 6 fully saturated rings. The molecule has 14 heavy (non-hydrogen) atoms. The van der Waals surface area contributed by atoms with Gasteiger partial charge in [-0.05, 0) is 41.4 Å². The molecule has 0 spiro atoms. The molecule has 0 atom stereocenters. The molecule has 0 aromatic carbocycles. The third-order valence-electron chi connectivity index (χ3n) is 5.65. The lowest BCUT2D eigenvalue weighted by atomic mass is 8.99. The van der Waals surface area contributed by atoms with E-state index >= 15 is 0 Å². The first-order chi connectivity index (χ1) is 6.28. The largest absolute Gasteiger partial charge is 0.471 e. The minimum absolute atomic E-state index is 0. The molecule has 0 radical (unpaired) electrons. The van der Waals surface area contributed by atoms with Crippen molar-refractivity contribution in [2.24, 2.45) is 47.2 Å². The van der Waals surface area contributed by atoms with Crippen LogP contribution in [-0.2, 0) is 9.53 Å². The number of nitrogens with two attached hydrogens (primary N) is 1. The van der Waals surface area contributed by atoms with Crippen molar-refractivity contribution in [3.63, 3.8) is 0 Å². The van der Waals surface area contributed by atoms with E-state index in [1.807, 2.05) is 0 Å². The van der Waals surface area contributed by atoms with Crippen molar-refractivity contribution in [1.29, 1.82) is 0 Å². The van der Waals surface area contributed by atoms with Gasteiger partial charge < -0.3 is 10.5 Å². The summed E-state index contributed by atoms with van der Waals surface area (Å²) in [6.07, 6.45) is 0. The van der Waals surface area contributed by atoms with Crippen LogP contribution >= 0.6 is 12.4 Å². The second kappa shape index (κ2) is 2.12. The van der Waals surface area contributed by atoms with Crippen LogP contribution in [0.15, 0.2) is 0 Å². The van der Waals surface area contributed by atoms with Gasteiger partial charge in [-0.2, -0.15) is 0 Å². The van der Waals surface area contributed by atoms with Crippen molar-refractivity contribution in [1.82, 2.24) is 0 Å². The number of halogens is 1. The molecular formula is C10H14ClNO2. The average molecular weight is 216 g/mol. The summed E-state index contributed by atoms with van der Waals surface area (Å²) in [6, 6.07) is 0. The van der Waals surface area contributed by atoms with Gasteiger partial charge in [0.15, 0.2) is 0 Å². The van der Waals surface area contributed by atoms with Crippen molar-refractivity contribution < 1.29 is 9.53 Å². The van der Waals surface area contributed by atoms with Crippen LogP contribution in [-0.4, -0.2) is 19.1 Å². The molecule has 6 aliphatic carbocycles. The number of hydrogen-bond donors (Lipinski definition) is 1. The van der Waals surface area contributed by atoms with Gasteiger partial charge in [-0.1, -0.05) is 0 Å². The van der Waals surface area contributed by atoms with Gasteiger partial charge in [0.2, 0.25) is 0 Å². The first-order valence-electron chi connectivity index (χ1n) is 5.03. The second-order valence-corrected chi connectivity index (χ2v) is 5.22. The molecule has 2 N–H and O–H groups in total. The Balaban J connectivity index is 0.000000116. The molecule has 0 heterocycles. The lowest BCUT2D eigenvalue weighted by Gasteiger charge is -3.06. The molecule has 0 bridgehead atoms. The standard InChI is InChI=1S/C8H9N.C2H4O2.ClH/c9-8-5-2-1-3(5)7(8)4(1)6(2)8;1-4-2-3;/h1-7H,9H2;2H,1H3;1H. The lowest BCUT2D eigenvalue weighted by molar-refractivity contribution is -0.572. The molecule has 3 nitrogen and oxygen atoms in total. The smallest absolute Gasteiger partial charge is 0.292 e. The highest BCUT2D eigenvalue weighted by molar-refractivity contribution is 5.85. The Morgan fingerprint density at radius 2 is 1.50 bits per heavy atom. The van der Waals surface area contributed by atoms with Crippen LogP contribution in [0.25, 0.3) is 0 Å². The van der Waals surface area contributed by atoms with Gasteiger partial charge in [-0.25, -0.2) is 0 Å². The Bertz CT molecular complexity index is 268. The summed E-state index contributed by atoms with van der Waals surface area (Å²) in [7, 11) is 1.31. The number of ether oxygens (including phenoxy) is 1. The fraction of sp³-hybridized carbons (Fsp3) is 0.900. The summed E-state index contributed by atoms with van der Waals surface area (Å²) in [4.78, 5) is 8.95. The van der Waals surface area contributed by atoms with Crippen molar-refractivity contribution >= 4 is 18.9 Å². The predicted octanol–water partition coefficient (Wildman–Crippen LogP) is 0.276. The molecule has 0 aliphatic heterocycles. The van der Waals surface area contributed by atoms with Crippen LogP contribution in [0, 0.1) is 41.4 Å². The zero-order chi connectivity index (χ0) is 8.96. The van der Waals surface area contributed by atoms with Crippen LogP contribution in [0.4, 0.5) is 0 Å². The maximum absolute atomic E-state index is 8.95. The summed E-state index contributed by atoms with van der Waals surface area (Å²) >= 11 is 0. The first-order valence-corrected chi connectivity index (χ1v) is 5.03. The number of rotatable bonds is 1. The molecule has 4 heteroatoms. The average Bonchev–Trinajstić information content (AvgIpc) is 2.19. The quantitative estimate of drug-likeness (QED) is 0.640. The van der Waals surface area contributed by atoms with E-state index in [4.69, 9.17) is 10.5 Å². The van der Waals surface area contributed by atoms with E-state index in [-0.39, 0.29) is 12.4 Å². The number of hydrogen-bond acceptors (Lipinski definition) is 3. The van der Waals surface area contributed by atoms with Crippen molar-refractivity contribution in [2.45, 2.75) is 5.54 Å². The Kier molecular flexibility index (Phi) is 1.36. The Morgan fingerprint density at radius 1 is 1.14 bits per heavy atom. The minimum Gasteiger partial charge on any atom is -0.471 e. The van der Waals surface area contributed by atoms with Crippen LogP contribution < -0.4 is 5.73 Å². The van der Waals surface area contributed by atoms with Crippen LogP contribution in [0.1, 0.15) is 0 Å². The van der Waals surface area contributed by atoms with E-state index in [1.54, 1.807) is 0 Å². The van der Waals surface area contributed by atoms with Crippen LogP contribution in [0.2, 0.25) is 0 Å². The van der Waals surface area contributed by atoms with Crippen molar-refractivity contribution in [2.75, 3.05) is 7.11 Å². The van der Waals surface area contributed by atoms with Crippen LogP contribution in [0.5, 0.6) is 0 Å². The van der Waals surface area contributed by atoms with Gasteiger partial charge >= 0.3 is 0 Å². The number of carbonyl (C=O) groups is 1. The summed E-state index contributed by atoms with van der Waals surface area (Å²) in [5.74, 6) is 7.93. The Labute approximate surface area is 88.8 Å². The van der Waals surface area contributed by atoms with E-state index in [0.717, 1.165) is 17.8 Å². The van der Waals surface area contributed by atoms with Crippen molar-refractivity contribution in [3.8, 4) is 0 Å². The molecule has 6 aliphatic rings. The molecule has 6 rings (SSSR count). The number of methoxy groups -OCH3 is 1. The molecule has 6 saturated carbocycles. The summed E-state index contributed by atoms with van der Waals surface area (Å²) in [6.45, 7) is 0.375. The fourth-order valence-electron chi connectivity index (χ4n) is 5.52. The topological polar surface area (TPSA) is 52.3 Å². The molecule has 0 saturated heterocycles.